The standard InChI is InChI=1S/C29H25Cl2N3O6/c1-15-5-6-21(9-16(15)2)34-17(3)25(29(38)39-4)24(28(34)37)13-22-7-8-23(40-22)14-32-26(35)27(36)33-20-11-18(30)10-19(31)12-20/h5-13H,14H2,1-4H3,(H,32,35)(H,33,36)/b24-13+. The first-order valence-electron chi connectivity index (χ1n) is 12.1. The van der Waals surface area contributed by atoms with Crippen LogP contribution >= 0.6 is 23.2 Å². The number of amides is 3. The molecule has 206 valence electrons. The van der Waals surface area contributed by atoms with E-state index in [1.165, 1.54) is 36.3 Å². The van der Waals surface area contributed by atoms with Crippen molar-refractivity contribution >= 4 is 64.3 Å². The van der Waals surface area contributed by atoms with Gasteiger partial charge in [-0.05, 0) is 80.4 Å². The third-order valence-electron chi connectivity index (χ3n) is 6.26. The Bertz CT molecular complexity index is 1580. The first-order chi connectivity index (χ1) is 19.0. The van der Waals surface area contributed by atoms with Gasteiger partial charge in [0.2, 0.25) is 0 Å². The molecule has 2 heterocycles. The number of rotatable bonds is 6. The number of carbonyl (C=O) groups is 4. The number of halogens is 2. The Morgan fingerprint density at radius 3 is 2.30 bits per heavy atom. The predicted molar refractivity (Wildman–Crippen MR) is 152 cm³/mol. The summed E-state index contributed by atoms with van der Waals surface area (Å²) >= 11 is 11.8. The fourth-order valence-electron chi connectivity index (χ4n) is 4.13. The van der Waals surface area contributed by atoms with E-state index in [1.807, 2.05) is 32.0 Å². The van der Waals surface area contributed by atoms with Crippen molar-refractivity contribution in [3.05, 3.63) is 98.1 Å². The lowest BCUT2D eigenvalue weighted by atomic mass is 10.1. The van der Waals surface area contributed by atoms with Crippen LogP contribution in [0, 0.1) is 13.8 Å². The summed E-state index contributed by atoms with van der Waals surface area (Å²) in [5.74, 6) is -2.32. The van der Waals surface area contributed by atoms with Gasteiger partial charge in [-0.15, -0.1) is 0 Å². The second-order valence-corrected chi connectivity index (χ2v) is 9.89. The molecule has 11 heteroatoms. The number of methoxy groups -OCH3 is 1. The number of aryl methyl sites for hydroxylation is 2. The molecule has 3 aromatic rings. The van der Waals surface area contributed by atoms with Crippen LogP contribution in [0.1, 0.15) is 29.6 Å². The highest BCUT2D eigenvalue weighted by Gasteiger charge is 2.38. The molecule has 3 amide bonds. The molecule has 0 radical (unpaired) electrons. The molecule has 9 nitrogen and oxygen atoms in total. The van der Waals surface area contributed by atoms with Crippen molar-refractivity contribution in [1.82, 2.24) is 5.32 Å². The van der Waals surface area contributed by atoms with Crippen LogP contribution in [0.3, 0.4) is 0 Å². The zero-order chi connectivity index (χ0) is 29.1. The van der Waals surface area contributed by atoms with E-state index in [0.29, 0.717) is 27.2 Å². The summed E-state index contributed by atoms with van der Waals surface area (Å²) < 4.78 is 10.7. The van der Waals surface area contributed by atoms with Gasteiger partial charge in [0.1, 0.15) is 11.5 Å². The van der Waals surface area contributed by atoms with Crippen LogP contribution in [-0.4, -0.2) is 30.8 Å². The lowest BCUT2D eigenvalue weighted by molar-refractivity contribution is -0.136. The Labute approximate surface area is 240 Å². The van der Waals surface area contributed by atoms with Crippen molar-refractivity contribution in [1.29, 1.82) is 0 Å². The van der Waals surface area contributed by atoms with Crippen LogP contribution in [0.25, 0.3) is 6.08 Å². The highest BCUT2D eigenvalue weighted by Crippen LogP contribution is 2.36. The number of nitrogens with one attached hydrogen (secondary N) is 2. The van der Waals surface area contributed by atoms with Gasteiger partial charge in [0, 0.05) is 27.1 Å². The normalized spacial score (nSPS) is 14.1. The minimum atomic E-state index is -0.918. The van der Waals surface area contributed by atoms with Crippen LogP contribution in [0.4, 0.5) is 11.4 Å². The zero-order valence-electron chi connectivity index (χ0n) is 22.1. The van der Waals surface area contributed by atoms with E-state index in [0.717, 1.165) is 11.1 Å². The molecule has 0 bridgehead atoms. The summed E-state index contributed by atoms with van der Waals surface area (Å²) in [7, 11) is 1.24. The Hall–Kier alpha value is -4.34. The van der Waals surface area contributed by atoms with E-state index in [9.17, 15) is 19.2 Å². The summed E-state index contributed by atoms with van der Waals surface area (Å²) in [5.41, 5.74) is 3.61. The number of allylic oxidation sites excluding steroid dienone is 1. The van der Waals surface area contributed by atoms with Gasteiger partial charge in [-0.3, -0.25) is 19.3 Å². The van der Waals surface area contributed by atoms with E-state index in [4.69, 9.17) is 32.4 Å². The maximum Gasteiger partial charge on any atom is 0.340 e. The molecule has 2 aromatic carbocycles. The maximum absolute atomic E-state index is 13.5. The summed E-state index contributed by atoms with van der Waals surface area (Å²) in [5, 5.41) is 5.48. The lowest BCUT2D eigenvalue weighted by Gasteiger charge is -2.19. The Balaban J connectivity index is 1.50. The van der Waals surface area contributed by atoms with Crippen molar-refractivity contribution < 1.29 is 28.3 Å². The molecule has 1 aliphatic rings. The molecule has 0 saturated heterocycles. The molecule has 0 atom stereocenters. The fourth-order valence-corrected chi connectivity index (χ4v) is 4.65. The highest BCUT2D eigenvalue weighted by molar-refractivity contribution is 6.40. The van der Waals surface area contributed by atoms with Crippen molar-refractivity contribution in [3.63, 3.8) is 0 Å². The Morgan fingerprint density at radius 1 is 0.950 bits per heavy atom. The number of carbonyl (C=O) groups excluding carboxylic acids is 4. The van der Waals surface area contributed by atoms with Gasteiger partial charge in [0.15, 0.2) is 0 Å². The van der Waals surface area contributed by atoms with E-state index >= 15 is 0 Å². The molecule has 4 rings (SSSR count). The Morgan fingerprint density at radius 2 is 1.65 bits per heavy atom. The first-order valence-corrected chi connectivity index (χ1v) is 12.8. The van der Waals surface area contributed by atoms with Crippen molar-refractivity contribution in [3.8, 4) is 0 Å². The molecule has 40 heavy (non-hydrogen) atoms. The average Bonchev–Trinajstić information content (AvgIpc) is 3.44. The number of anilines is 2. The number of nitrogens with zero attached hydrogens (tertiary/aromatic N) is 1. The number of hydrogen-bond acceptors (Lipinski definition) is 6. The fraction of sp³-hybridized carbons (Fsp3) is 0.172. The SMILES string of the molecule is COC(=O)C1=C(C)N(c2ccc(C)c(C)c2)C(=O)/C1=C/c1ccc(CNC(=O)C(=O)Nc2cc(Cl)cc(Cl)c2)o1. The van der Waals surface area contributed by atoms with Gasteiger partial charge < -0.3 is 19.8 Å². The molecule has 0 fully saturated rings. The second kappa shape index (κ2) is 11.8. The molecule has 1 aliphatic heterocycles. The van der Waals surface area contributed by atoms with Crippen LogP contribution in [0.15, 0.2) is 69.8 Å². The summed E-state index contributed by atoms with van der Waals surface area (Å²) in [6.45, 7) is 5.48. The number of benzene rings is 2. The molecule has 0 spiro atoms. The third kappa shape index (κ3) is 6.11. The van der Waals surface area contributed by atoms with Gasteiger partial charge in [-0.25, -0.2) is 4.79 Å². The molecular formula is C29H25Cl2N3O6. The molecular weight excluding hydrogens is 557 g/mol. The number of ether oxygens (including phenoxy) is 1. The van der Waals surface area contributed by atoms with E-state index in [2.05, 4.69) is 10.6 Å². The minimum Gasteiger partial charge on any atom is -0.465 e. The second-order valence-electron chi connectivity index (χ2n) is 9.02. The lowest BCUT2D eigenvalue weighted by Crippen LogP contribution is -2.34. The highest BCUT2D eigenvalue weighted by atomic mass is 35.5. The predicted octanol–water partition coefficient (Wildman–Crippen LogP) is 5.34. The largest absolute Gasteiger partial charge is 0.465 e. The quantitative estimate of drug-likeness (QED) is 0.230. The number of hydrogen-bond donors (Lipinski definition) is 2. The number of esters is 1. The minimum absolute atomic E-state index is 0.104. The van der Waals surface area contributed by atoms with Gasteiger partial charge in [-0.2, -0.15) is 0 Å². The maximum atomic E-state index is 13.5. The summed E-state index contributed by atoms with van der Waals surface area (Å²) in [6.07, 6.45) is 1.44. The van der Waals surface area contributed by atoms with E-state index in [-0.39, 0.29) is 29.1 Å². The zero-order valence-corrected chi connectivity index (χ0v) is 23.6. The Kier molecular flexibility index (Phi) is 8.46. The van der Waals surface area contributed by atoms with Crippen LogP contribution in [0.2, 0.25) is 10.0 Å². The van der Waals surface area contributed by atoms with Crippen LogP contribution in [0.5, 0.6) is 0 Å². The van der Waals surface area contributed by atoms with E-state index in [1.54, 1.807) is 19.1 Å². The van der Waals surface area contributed by atoms with Gasteiger partial charge in [0.25, 0.3) is 5.91 Å². The first kappa shape index (κ1) is 28.7. The molecule has 0 unspecified atom stereocenters. The monoisotopic (exact) mass is 581 g/mol. The summed E-state index contributed by atoms with van der Waals surface area (Å²) in [6, 6.07) is 13.2. The molecule has 2 N–H and O–H groups in total. The van der Waals surface area contributed by atoms with Gasteiger partial charge in [-0.1, -0.05) is 29.3 Å². The number of furan rings is 1. The van der Waals surface area contributed by atoms with Crippen molar-refractivity contribution in [2.45, 2.75) is 27.3 Å². The van der Waals surface area contributed by atoms with Crippen molar-refractivity contribution in [2.75, 3.05) is 17.3 Å². The van der Waals surface area contributed by atoms with Crippen molar-refractivity contribution in [2.24, 2.45) is 0 Å². The van der Waals surface area contributed by atoms with Crippen LogP contribution < -0.4 is 15.5 Å². The summed E-state index contributed by atoms with van der Waals surface area (Å²) in [4.78, 5) is 52.1. The molecule has 0 aliphatic carbocycles. The van der Waals surface area contributed by atoms with Gasteiger partial charge >= 0.3 is 17.8 Å². The third-order valence-corrected chi connectivity index (χ3v) is 6.69. The molecule has 1 aromatic heterocycles. The smallest absolute Gasteiger partial charge is 0.340 e. The molecule has 0 saturated carbocycles. The van der Waals surface area contributed by atoms with Gasteiger partial charge in [0.05, 0.1) is 24.8 Å². The van der Waals surface area contributed by atoms with E-state index < -0.39 is 23.7 Å². The van der Waals surface area contributed by atoms with Crippen LogP contribution in [-0.2, 0) is 30.5 Å². The topological polar surface area (TPSA) is 118 Å². The average molecular weight is 582 g/mol.